The third kappa shape index (κ3) is 4.63. The Bertz CT molecular complexity index is 1010. The van der Waals surface area contributed by atoms with Gasteiger partial charge < -0.3 is 9.73 Å². The van der Waals surface area contributed by atoms with E-state index in [-0.39, 0.29) is 28.2 Å². The van der Waals surface area contributed by atoms with Crippen molar-refractivity contribution in [2.24, 2.45) is 0 Å². The van der Waals surface area contributed by atoms with Gasteiger partial charge in [-0.3, -0.25) is 14.9 Å². The van der Waals surface area contributed by atoms with Gasteiger partial charge in [-0.15, -0.1) is 10.2 Å². The average Bonchev–Trinajstić information content (AvgIpc) is 3.10. The molecule has 0 aliphatic rings. The molecule has 3 aromatic rings. The van der Waals surface area contributed by atoms with Gasteiger partial charge in [-0.1, -0.05) is 41.6 Å². The van der Waals surface area contributed by atoms with Crippen LogP contribution >= 0.6 is 23.4 Å². The molecule has 0 saturated heterocycles. The maximum atomic E-state index is 12.1. The highest BCUT2D eigenvalue weighted by Gasteiger charge is 2.17. The van der Waals surface area contributed by atoms with Gasteiger partial charge in [0.05, 0.1) is 21.3 Å². The Hall–Kier alpha value is -2.91. The van der Waals surface area contributed by atoms with E-state index in [2.05, 4.69) is 15.5 Å². The number of nitro benzene ring substituents is 1. The third-order valence-electron chi connectivity index (χ3n) is 3.46. The van der Waals surface area contributed by atoms with Crippen LogP contribution in [-0.4, -0.2) is 26.8 Å². The van der Waals surface area contributed by atoms with Gasteiger partial charge in [-0.05, 0) is 30.7 Å². The molecule has 1 N–H and O–H groups in total. The summed E-state index contributed by atoms with van der Waals surface area (Å²) in [6, 6.07) is 11.6. The van der Waals surface area contributed by atoms with E-state index >= 15 is 0 Å². The molecule has 0 atom stereocenters. The van der Waals surface area contributed by atoms with E-state index in [1.54, 1.807) is 37.3 Å². The van der Waals surface area contributed by atoms with Crippen molar-refractivity contribution >= 4 is 40.6 Å². The van der Waals surface area contributed by atoms with Crippen molar-refractivity contribution < 1.29 is 14.1 Å². The van der Waals surface area contributed by atoms with Crippen LogP contribution in [0.4, 0.5) is 11.4 Å². The van der Waals surface area contributed by atoms with Crippen molar-refractivity contribution in [2.45, 2.75) is 12.1 Å². The van der Waals surface area contributed by atoms with E-state index in [1.165, 1.54) is 12.1 Å². The minimum Gasteiger partial charge on any atom is -0.411 e. The predicted octanol–water partition coefficient (Wildman–Crippen LogP) is 4.34. The number of rotatable bonds is 6. The Labute approximate surface area is 163 Å². The molecular weight excluding hydrogens is 392 g/mol. The topological polar surface area (TPSA) is 111 Å². The van der Waals surface area contributed by atoms with Crippen molar-refractivity contribution in [2.75, 3.05) is 11.1 Å². The van der Waals surface area contributed by atoms with Gasteiger partial charge in [0, 0.05) is 6.07 Å². The number of hydrogen-bond donors (Lipinski definition) is 1. The lowest BCUT2D eigenvalue weighted by Gasteiger charge is -2.05. The van der Waals surface area contributed by atoms with Crippen molar-refractivity contribution in [1.29, 1.82) is 0 Å². The Morgan fingerprint density at radius 2 is 2.07 bits per heavy atom. The summed E-state index contributed by atoms with van der Waals surface area (Å²) >= 11 is 7.10. The lowest BCUT2D eigenvalue weighted by atomic mass is 10.2. The van der Waals surface area contributed by atoms with Gasteiger partial charge in [0.1, 0.15) is 5.69 Å². The summed E-state index contributed by atoms with van der Waals surface area (Å²) in [5.74, 6) is -0.225. The molecule has 0 saturated carbocycles. The van der Waals surface area contributed by atoms with Crippen molar-refractivity contribution in [3.63, 3.8) is 0 Å². The van der Waals surface area contributed by atoms with E-state index in [1.807, 2.05) is 0 Å². The van der Waals surface area contributed by atoms with Crippen LogP contribution in [0.15, 0.2) is 52.1 Å². The molecule has 10 heteroatoms. The minimum absolute atomic E-state index is 0.0464. The number of nitro groups is 1. The molecule has 0 aliphatic heterocycles. The fourth-order valence-electron chi connectivity index (χ4n) is 2.22. The summed E-state index contributed by atoms with van der Waals surface area (Å²) in [6.07, 6.45) is 0. The number of aromatic nitrogens is 2. The first-order chi connectivity index (χ1) is 12.9. The lowest BCUT2D eigenvalue weighted by Crippen LogP contribution is -2.15. The highest BCUT2D eigenvalue weighted by atomic mass is 35.5. The largest absolute Gasteiger partial charge is 0.411 e. The summed E-state index contributed by atoms with van der Waals surface area (Å²) < 4.78 is 5.50. The minimum atomic E-state index is -0.538. The fraction of sp³-hybridized carbons (Fsp3) is 0.118. The number of carbonyl (C=O) groups excluding carboxylic acids is 1. The monoisotopic (exact) mass is 404 g/mol. The van der Waals surface area contributed by atoms with Crippen molar-refractivity contribution in [3.8, 4) is 11.5 Å². The van der Waals surface area contributed by atoms with E-state index in [4.69, 9.17) is 16.0 Å². The molecule has 1 heterocycles. The first-order valence-electron chi connectivity index (χ1n) is 7.70. The molecule has 3 rings (SSSR count). The standard InChI is InChI=1S/C17H13ClN4O4S/c1-10-6-7-13(14(8-10)22(24)25)19-15(23)9-27-17-21-20-16(26-17)11-4-2-3-5-12(11)18/h2-8H,9H2,1H3,(H,19,23). The van der Waals surface area contributed by atoms with E-state index in [9.17, 15) is 14.9 Å². The number of amides is 1. The van der Waals surface area contributed by atoms with Crippen molar-refractivity contribution in [1.82, 2.24) is 10.2 Å². The third-order valence-corrected chi connectivity index (χ3v) is 4.61. The number of halogens is 1. The second-order valence-corrected chi connectivity index (χ2v) is 6.80. The average molecular weight is 405 g/mol. The number of anilines is 1. The molecule has 2 aromatic carbocycles. The molecule has 1 amide bonds. The zero-order chi connectivity index (χ0) is 19.4. The lowest BCUT2D eigenvalue weighted by molar-refractivity contribution is -0.384. The van der Waals surface area contributed by atoms with Gasteiger partial charge >= 0.3 is 0 Å². The Morgan fingerprint density at radius 1 is 1.30 bits per heavy atom. The zero-order valence-electron chi connectivity index (χ0n) is 14.0. The quantitative estimate of drug-likeness (QED) is 0.369. The smallest absolute Gasteiger partial charge is 0.293 e. The zero-order valence-corrected chi connectivity index (χ0v) is 15.6. The van der Waals surface area contributed by atoms with Gasteiger partial charge in [0.15, 0.2) is 0 Å². The fourth-order valence-corrected chi connectivity index (χ4v) is 3.00. The predicted molar refractivity (Wildman–Crippen MR) is 102 cm³/mol. The molecule has 138 valence electrons. The molecule has 0 spiro atoms. The number of benzene rings is 2. The first-order valence-corrected chi connectivity index (χ1v) is 9.06. The van der Waals surface area contributed by atoms with Crippen LogP contribution in [0.2, 0.25) is 5.02 Å². The maximum Gasteiger partial charge on any atom is 0.293 e. The van der Waals surface area contributed by atoms with Crippen LogP contribution in [0, 0.1) is 17.0 Å². The summed E-state index contributed by atoms with van der Waals surface area (Å²) in [5, 5.41) is 22.1. The highest BCUT2D eigenvalue weighted by molar-refractivity contribution is 7.99. The molecule has 8 nitrogen and oxygen atoms in total. The van der Waals surface area contributed by atoms with Crippen LogP contribution in [0.3, 0.4) is 0 Å². The number of nitrogens with one attached hydrogen (secondary N) is 1. The van der Waals surface area contributed by atoms with E-state index in [0.29, 0.717) is 10.6 Å². The molecule has 0 radical (unpaired) electrons. The summed E-state index contributed by atoms with van der Waals surface area (Å²) in [6.45, 7) is 1.74. The van der Waals surface area contributed by atoms with Crippen molar-refractivity contribution in [3.05, 3.63) is 63.2 Å². The Balaban J connectivity index is 1.64. The second-order valence-electron chi connectivity index (χ2n) is 5.47. The van der Waals surface area contributed by atoms with Crippen LogP contribution in [0.1, 0.15) is 5.56 Å². The summed E-state index contributed by atoms with van der Waals surface area (Å²) in [7, 11) is 0. The highest BCUT2D eigenvalue weighted by Crippen LogP contribution is 2.29. The molecule has 27 heavy (non-hydrogen) atoms. The Morgan fingerprint density at radius 3 is 2.81 bits per heavy atom. The van der Waals surface area contributed by atoms with Gasteiger partial charge in [-0.25, -0.2) is 0 Å². The number of thioether (sulfide) groups is 1. The SMILES string of the molecule is Cc1ccc(NC(=O)CSc2nnc(-c3ccccc3Cl)o2)c([N+](=O)[O-])c1. The van der Waals surface area contributed by atoms with Crippen LogP contribution in [-0.2, 0) is 4.79 Å². The molecule has 0 unspecified atom stereocenters. The number of nitrogens with zero attached hydrogens (tertiary/aromatic N) is 3. The van der Waals surface area contributed by atoms with E-state index < -0.39 is 10.8 Å². The maximum absolute atomic E-state index is 12.1. The molecule has 0 fully saturated rings. The number of aryl methyl sites for hydroxylation is 1. The molecule has 0 bridgehead atoms. The van der Waals surface area contributed by atoms with Gasteiger partial charge in [0.2, 0.25) is 11.8 Å². The normalized spacial score (nSPS) is 10.6. The van der Waals surface area contributed by atoms with Crippen LogP contribution < -0.4 is 5.32 Å². The summed E-state index contributed by atoms with van der Waals surface area (Å²) in [5.41, 5.74) is 1.30. The molecule has 0 aliphatic carbocycles. The number of carbonyl (C=O) groups is 1. The first kappa shape index (κ1) is 18.9. The van der Waals surface area contributed by atoms with Gasteiger partial charge in [-0.2, -0.15) is 0 Å². The molecule has 1 aromatic heterocycles. The number of hydrogen-bond acceptors (Lipinski definition) is 7. The van der Waals surface area contributed by atoms with E-state index in [0.717, 1.165) is 17.3 Å². The Kier molecular flexibility index (Phi) is 5.72. The van der Waals surface area contributed by atoms with Crippen LogP contribution in [0.25, 0.3) is 11.5 Å². The van der Waals surface area contributed by atoms with Crippen LogP contribution in [0.5, 0.6) is 0 Å². The van der Waals surface area contributed by atoms with Gasteiger partial charge in [0.25, 0.3) is 10.9 Å². The molecular formula is C17H13ClN4O4S. The second kappa shape index (κ2) is 8.19. The summed E-state index contributed by atoms with van der Waals surface area (Å²) in [4.78, 5) is 22.7.